The zero-order valence-electron chi connectivity index (χ0n) is 9.56. The van der Waals surface area contributed by atoms with E-state index in [0.717, 1.165) is 5.69 Å². The fourth-order valence-corrected chi connectivity index (χ4v) is 2.16. The first-order valence-electron chi connectivity index (χ1n) is 5.24. The number of nitrogens with zero attached hydrogens (tertiary/aromatic N) is 1. The molecule has 0 aliphatic carbocycles. The molecule has 0 unspecified atom stereocenters. The molecule has 86 valence electrons. The van der Waals surface area contributed by atoms with Gasteiger partial charge in [-0.25, -0.2) is 0 Å². The van der Waals surface area contributed by atoms with Crippen LogP contribution in [0.4, 0.5) is 0 Å². The van der Waals surface area contributed by atoms with Crippen LogP contribution in [0.1, 0.15) is 16.1 Å². The summed E-state index contributed by atoms with van der Waals surface area (Å²) in [5.41, 5.74) is 2.17. The first-order valence-corrected chi connectivity index (χ1v) is 5.24. The molecule has 1 aliphatic heterocycles. The van der Waals surface area contributed by atoms with Crippen LogP contribution in [-0.2, 0) is 0 Å². The smallest absolute Gasteiger partial charge is 0.211 e. The predicted molar refractivity (Wildman–Crippen MR) is 62.3 cm³/mol. The molecular formula is C13H11NO3. The summed E-state index contributed by atoms with van der Waals surface area (Å²) in [6.45, 7) is 0. The van der Waals surface area contributed by atoms with E-state index >= 15 is 0 Å². The molecule has 0 spiro atoms. The topological polar surface area (TPSA) is 40.5 Å². The molecule has 1 aromatic carbocycles. The summed E-state index contributed by atoms with van der Waals surface area (Å²) in [5.74, 6) is 1.22. The number of carbonyl (C=O) groups excluding carboxylic acids is 1. The SMILES string of the molecule is COc1cc2c(cc1OC)-n1cccc1C2=O. The van der Waals surface area contributed by atoms with Crippen molar-refractivity contribution in [2.45, 2.75) is 0 Å². The van der Waals surface area contributed by atoms with E-state index in [2.05, 4.69) is 0 Å². The lowest BCUT2D eigenvalue weighted by molar-refractivity contribution is 0.104. The number of hydrogen-bond donors (Lipinski definition) is 0. The van der Waals surface area contributed by atoms with E-state index in [4.69, 9.17) is 9.47 Å². The van der Waals surface area contributed by atoms with Gasteiger partial charge in [-0.1, -0.05) is 0 Å². The molecule has 0 saturated heterocycles. The van der Waals surface area contributed by atoms with E-state index < -0.39 is 0 Å². The fraction of sp³-hybridized carbons (Fsp3) is 0.154. The second-order valence-electron chi connectivity index (χ2n) is 3.82. The Hall–Kier alpha value is -2.23. The maximum absolute atomic E-state index is 12.1. The van der Waals surface area contributed by atoms with E-state index in [1.54, 1.807) is 26.4 Å². The van der Waals surface area contributed by atoms with Crippen molar-refractivity contribution in [2.75, 3.05) is 14.2 Å². The molecule has 0 atom stereocenters. The highest BCUT2D eigenvalue weighted by molar-refractivity contribution is 6.14. The van der Waals surface area contributed by atoms with E-state index in [1.807, 2.05) is 22.9 Å². The third-order valence-corrected chi connectivity index (χ3v) is 2.99. The summed E-state index contributed by atoms with van der Waals surface area (Å²) in [4.78, 5) is 12.1. The lowest BCUT2D eigenvalue weighted by Crippen LogP contribution is -1.97. The number of rotatable bonds is 2. The standard InChI is InChI=1S/C13H11NO3/c1-16-11-6-8-10(7-12(11)17-2)14-5-3-4-9(14)13(8)15/h3-7H,1-2H3. The molecule has 3 rings (SSSR count). The van der Waals surface area contributed by atoms with E-state index in [0.29, 0.717) is 22.8 Å². The summed E-state index contributed by atoms with van der Waals surface area (Å²) < 4.78 is 12.3. The van der Waals surface area contributed by atoms with E-state index in [-0.39, 0.29) is 5.78 Å². The molecule has 4 nitrogen and oxygen atoms in total. The Bertz CT molecular complexity index is 613. The van der Waals surface area contributed by atoms with Gasteiger partial charge in [0.05, 0.1) is 31.2 Å². The van der Waals surface area contributed by atoms with Gasteiger partial charge in [0.1, 0.15) is 0 Å². The van der Waals surface area contributed by atoms with Gasteiger partial charge in [-0.15, -0.1) is 0 Å². The number of ketones is 1. The second kappa shape index (κ2) is 3.38. The van der Waals surface area contributed by atoms with Crippen LogP contribution in [0, 0.1) is 0 Å². The Labute approximate surface area is 98.4 Å². The maximum atomic E-state index is 12.1. The third kappa shape index (κ3) is 1.21. The molecule has 1 aromatic heterocycles. The molecule has 4 heteroatoms. The number of aromatic nitrogens is 1. The minimum atomic E-state index is 0.0194. The zero-order valence-corrected chi connectivity index (χ0v) is 9.56. The van der Waals surface area contributed by atoms with Gasteiger partial charge in [0, 0.05) is 12.3 Å². The summed E-state index contributed by atoms with van der Waals surface area (Å²) in [6.07, 6.45) is 1.87. The van der Waals surface area contributed by atoms with Crippen molar-refractivity contribution in [1.29, 1.82) is 0 Å². The Morgan fingerprint density at radius 1 is 1.12 bits per heavy atom. The third-order valence-electron chi connectivity index (χ3n) is 2.99. The molecule has 0 N–H and O–H groups in total. The molecule has 2 heterocycles. The van der Waals surface area contributed by atoms with E-state index in [1.165, 1.54) is 0 Å². The largest absolute Gasteiger partial charge is 0.493 e. The van der Waals surface area contributed by atoms with Crippen molar-refractivity contribution in [3.8, 4) is 17.2 Å². The molecule has 2 aromatic rings. The van der Waals surface area contributed by atoms with Crippen LogP contribution in [0.3, 0.4) is 0 Å². The Morgan fingerprint density at radius 2 is 1.82 bits per heavy atom. The van der Waals surface area contributed by atoms with Crippen LogP contribution < -0.4 is 9.47 Å². The molecule has 0 fully saturated rings. The first kappa shape index (κ1) is 9.96. The van der Waals surface area contributed by atoms with Gasteiger partial charge in [-0.3, -0.25) is 4.79 Å². The molecule has 0 amide bonds. The molecule has 0 bridgehead atoms. The normalized spacial score (nSPS) is 12.2. The van der Waals surface area contributed by atoms with Gasteiger partial charge >= 0.3 is 0 Å². The first-order chi connectivity index (χ1) is 8.26. The van der Waals surface area contributed by atoms with Crippen LogP contribution in [0.25, 0.3) is 5.69 Å². The van der Waals surface area contributed by atoms with Gasteiger partial charge in [0.2, 0.25) is 5.78 Å². The summed E-state index contributed by atoms with van der Waals surface area (Å²) in [6, 6.07) is 7.21. The average molecular weight is 229 g/mol. The summed E-state index contributed by atoms with van der Waals surface area (Å²) in [5, 5.41) is 0. The highest BCUT2D eigenvalue weighted by atomic mass is 16.5. The Morgan fingerprint density at radius 3 is 2.53 bits per heavy atom. The number of methoxy groups -OCH3 is 2. The highest BCUT2D eigenvalue weighted by Crippen LogP contribution is 2.37. The molecular weight excluding hydrogens is 218 g/mol. The van der Waals surface area contributed by atoms with Gasteiger partial charge in [0.25, 0.3) is 0 Å². The average Bonchev–Trinajstić information content (AvgIpc) is 2.92. The Kier molecular flexibility index (Phi) is 1.98. The van der Waals surface area contributed by atoms with Crippen LogP contribution in [0.5, 0.6) is 11.5 Å². The number of carbonyl (C=O) groups is 1. The lowest BCUT2D eigenvalue weighted by Gasteiger charge is -2.10. The number of hydrogen-bond acceptors (Lipinski definition) is 3. The minimum absolute atomic E-state index is 0.0194. The van der Waals surface area contributed by atoms with Crippen LogP contribution in [0.2, 0.25) is 0 Å². The van der Waals surface area contributed by atoms with Crippen molar-refractivity contribution < 1.29 is 14.3 Å². The number of benzene rings is 1. The minimum Gasteiger partial charge on any atom is -0.493 e. The predicted octanol–water partition coefficient (Wildman–Crippen LogP) is 2.04. The summed E-state index contributed by atoms with van der Waals surface area (Å²) >= 11 is 0. The van der Waals surface area contributed by atoms with Crippen LogP contribution in [0.15, 0.2) is 30.5 Å². The molecule has 0 radical (unpaired) electrons. The number of ether oxygens (including phenoxy) is 2. The monoisotopic (exact) mass is 229 g/mol. The van der Waals surface area contributed by atoms with E-state index in [9.17, 15) is 4.79 Å². The van der Waals surface area contributed by atoms with Gasteiger partial charge in [0.15, 0.2) is 11.5 Å². The molecule has 0 saturated carbocycles. The van der Waals surface area contributed by atoms with Gasteiger partial charge in [-0.2, -0.15) is 0 Å². The van der Waals surface area contributed by atoms with Gasteiger partial charge < -0.3 is 14.0 Å². The van der Waals surface area contributed by atoms with Gasteiger partial charge in [-0.05, 0) is 18.2 Å². The van der Waals surface area contributed by atoms with Crippen LogP contribution in [-0.4, -0.2) is 24.6 Å². The van der Waals surface area contributed by atoms with Crippen LogP contribution >= 0.6 is 0 Å². The lowest BCUT2D eigenvalue weighted by atomic mass is 10.1. The van der Waals surface area contributed by atoms with Crippen molar-refractivity contribution in [2.24, 2.45) is 0 Å². The summed E-state index contributed by atoms with van der Waals surface area (Å²) in [7, 11) is 3.14. The second-order valence-corrected chi connectivity index (χ2v) is 3.82. The zero-order chi connectivity index (χ0) is 12.0. The van der Waals surface area contributed by atoms with Crippen molar-refractivity contribution in [1.82, 2.24) is 4.57 Å². The van der Waals surface area contributed by atoms with Crippen molar-refractivity contribution in [3.63, 3.8) is 0 Å². The number of fused-ring (bicyclic) bond motifs is 3. The van der Waals surface area contributed by atoms with Crippen molar-refractivity contribution >= 4 is 5.78 Å². The molecule has 1 aliphatic rings. The molecule has 17 heavy (non-hydrogen) atoms. The highest BCUT2D eigenvalue weighted by Gasteiger charge is 2.28. The fourth-order valence-electron chi connectivity index (χ4n) is 2.16. The Balaban J connectivity index is 2.29. The van der Waals surface area contributed by atoms with Crippen molar-refractivity contribution in [3.05, 3.63) is 41.7 Å². The maximum Gasteiger partial charge on any atom is 0.211 e. The quantitative estimate of drug-likeness (QED) is 0.675.